The molecule has 0 aromatic heterocycles. The van der Waals surface area contributed by atoms with Crippen LogP contribution in [0.3, 0.4) is 0 Å². The molecule has 0 fully saturated rings. The van der Waals surface area contributed by atoms with Crippen molar-refractivity contribution in [2.75, 3.05) is 26.4 Å². The van der Waals surface area contributed by atoms with Crippen LogP contribution >= 0.6 is 7.82 Å². The van der Waals surface area contributed by atoms with Gasteiger partial charge in [-0.05, 0) is 25.7 Å². The normalized spacial score (nSPS) is 13.1. The Hall–Kier alpha value is -1.25. The molecular formula is C42H82NO8P. The van der Waals surface area contributed by atoms with E-state index in [0.29, 0.717) is 6.42 Å². The highest BCUT2D eigenvalue weighted by molar-refractivity contribution is 7.47. The minimum absolute atomic E-state index is 0.0560. The number of carbonyl (C=O) groups excluding carboxylic acids is 2. The lowest BCUT2D eigenvalue weighted by Crippen LogP contribution is -2.29. The Kier molecular flexibility index (Phi) is 38.5. The van der Waals surface area contributed by atoms with Gasteiger partial charge in [-0.3, -0.25) is 18.6 Å². The second-order valence-electron chi connectivity index (χ2n) is 14.7. The van der Waals surface area contributed by atoms with E-state index in [4.69, 9.17) is 24.3 Å². The summed E-state index contributed by atoms with van der Waals surface area (Å²) in [6.07, 6.45) is 38.4. The van der Waals surface area contributed by atoms with Crippen LogP contribution in [0.5, 0.6) is 0 Å². The summed E-state index contributed by atoms with van der Waals surface area (Å²) in [6.45, 7) is 5.28. The third kappa shape index (κ3) is 38.5. The summed E-state index contributed by atoms with van der Waals surface area (Å²) in [6, 6.07) is 0. The van der Waals surface area contributed by atoms with Crippen LogP contribution in [-0.4, -0.2) is 49.3 Å². The third-order valence-electron chi connectivity index (χ3n) is 9.55. The first kappa shape index (κ1) is 50.8. The zero-order valence-corrected chi connectivity index (χ0v) is 34.5. The smallest absolute Gasteiger partial charge is 0.462 e. The van der Waals surface area contributed by atoms with Gasteiger partial charge in [-0.1, -0.05) is 180 Å². The Morgan fingerprint density at radius 3 is 1.38 bits per heavy atom. The van der Waals surface area contributed by atoms with E-state index in [9.17, 15) is 19.0 Å². The molecule has 9 nitrogen and oxygen atoms in total. The molecule has 0 aromatic rings. The number of unbranched alkanes of at least 4 members (excludes halogenated alkanes) is 28. The van der Waals surface area contributed by atoms with Crippen LogP contribution in [0.1, 0.15) is 212 Å². The van der Waals surface area contributed by atoms with E-state index in [-0.39, 0.29) is 38.6 Å². The Labute approximate surface area is 319 Å². The SMILES string of the molecule is C=CCCCCCCCCCCCCCCCC(=O)OC[C@H](COP(=O)(O)OCCN)OC(=O)CCCCCCCCCCCCCCCCCC. The number of rotatable bonds is 42. The van der Waals surface area contributed by atoms with Gasteiger partial charge < -0.3 is 20.1 Å². The van der Waals surface area contributed by atoms with Gasteiger partial charge in [0.1, 0.15) is 6.61 Å². The molecule has 10 heteroatoms. The molecule has 0 aliphatic carbocycles. The van der Waals surface area contributed by atoms with Crippen LogP contribution in [0.15, 0.2) is 12.7 Å². The molecule has 52 heavy (non-hydrogen) atoms. The van der Waals surface area contributed by atoms with E-state index in [1.54, 1.807) is 0 Å². The quantitative estimate of drug-likeness (QED) is 0.0270. The van der Waals surface area contributed by atoms with Crippen LogP contribution in [-0.2, 0) is 32.7 Å². The zero-order valence-electron chi connectivity index (χ0n) is 33.6. The van der Waals surface area contributed by atoms with Gasteiger partial charge in [0.05, 0.1) is 13.2 Å². The predicted molar refractivity (Wildman–Crippen MR) is 215 cm³/mol. The molecule has 0 bridgehead atoms. The lowest BCUT2D eigenvalue weighted by Gasteiger charge is -2.19. The highest BCUT2D eigenvalue weighted by Crippen LogP contribution is 2.43. The summed E-state index contributed by atoms with van der Waals surface area (Å²) >= 11 is 0. The molecule has 308 valence electrons. The summed E-state index contributed by atoms with van der Waals surface area (Å²) in [7, 11) is -4.37. The van der Waals surface area contributed by atoms with Crippen LogP contribution in [0.2, 0.25) is 0 Å². The van der Waals surface area contributed by atoms with E-state index < -0.39 is 26.5 Å². The minimum atomic E-state index is -4.37. The third-order valence-corrected chi connectivity index (χ3v) is 10.5. The molecule has 0 aliphatic heterocycles. The highest BCUT2D eigenvalue weighted by Gasteiger charge is 2.26. The van der Waals surface area contributed by atoms with Crippen LogP contribution in [0.4, 0.5) is 0 Å². The van der Waals surface area contributed by atoms with Gasteiger partial charge in [0.15, 0.2) is 6.10 Å². The van der Waals surface area contributed by atoms with Crippen molar-refractivity contribution in [1.29, 1.82) is 0 Å². The van der Waals surface area contributed by atoms with E-state index in [1.807, 2.05) is 6.08 Å². The van der Waals surface area contributed by atoms with E-state index in [1.165, 1.54) is 148 Å². The number of hydrogen-bond acceptors (Lipinski definition) is 8. The summed E-state index contributed by atoms with van der Waals surface area (Å²) < 4.78 is 32.8. The van der Waals surface area contributed by atoms with Gasteiger partial charge in [-0.15, -0.1) is 6.58 Å². The topological polar surface area (TPSA) is 134 Å². The molecular weight excluding hydrogens is 677 g/mol. The Balaban J connectivity index is 4.10. The number of hydrogen-bond donors (Lipinski definition) is 2. The molecule has 0 aromatic carbocycles. The monoisotopic (exact) mass is 760 g/mol. The van der Waals surface area contributed by atoms with Gasteiger partial charge in [-0.25, -0.2) is 4.57 Å². The molecule has 0 heterocycles. The lowest BCUT2D eigenvalue weighted by molar-refractivity contribution is -0.161. The molecule has 0 radical (unpaired) electrons. The van der Waals surface area contributed by atoms with Gasteiger partial charge in [0.25, 0.3) is 0 Å². The van der Waals surface area contributed by atoms with Gasteiger partial charge >= 0.3 is 19.8 Å². The summed E-state index contributed by atoms with van der Waals surface area (Å²) in [5.74, 6) is -0.820. The molecule has 0 rings (SSSR count). The fourth-order valence-corrected chi connectivity index (χ4v) is 7.09. The molecule has 3 N–H and O–H groups in total. The van der Waals surface area contributed by atoms with Crippen LogP contribution in [0.25, 0.3) is 0 Å². The maximum Gasteiger partial charge on any atom is 0.472 e. The van der Waals surface area contributed by atoms with Crippen molar-refractivity contribution >= 4 is 19.8 Å². The Bertz CT molecular complexity index is 858. The maximum atomic E-state index is 12.6. The maximum absolute atomic E-state index is 12.6. The average Bonchev–Trinajstić information content (AvgIpc) is 3.13. The van der Waals surface area contributed by atoms with Crippen molar-refractivity contribution in [2.24, 2.45) is 5.73 Å². The lowest BCUT2D eigenvalue weighted by atomic mass is 10.0. The molecule has 0 saturated carbocycles. The molecule has 1 unspecified atom stereocenters. The number of carbonyl (C=O) groups is 2. The summed E-state index contributed by atoms with van der Waals surface area (Å²) in [4.78, 5) is 34.8. The number of nitrogens with two attached hydrogens (primary N) is 1. The van der Waals surface area contributed by atoms with E-state index >= 15 is 0 Å². The fraction of sp³-hybridized carbons (Fsp3) is 0.905. The first-order valence-electron chi connectivity index (χ1n) is 21.6. The Morgan fingerprint density at radius 1 is 0.596 bits per heavy atom. The van der Waals surface area contributed by atoms with Crippen molar-refractivity contribution in [3.8, 4) is 0 Å². The molecule has 0 aliphatic rings. The van der Waals surface area contributed by atoms with Crippen molar-refractivity contribution in [3.63, 3.8) is 0 Å². The van der Waals surface area contributed by atoms with Gasteiger partial charge in [0, 0.05) is 19.4 Å². The Morgan fingerprint density at radius 2 is 0.981 bits per heavy atom. The number of phosphoric ester groups is 1. The molecule has 2 atom stereocenters. The number of esters is 2. The molecule has 0 amide bonds. The zero-order chi connectivity index (χ0) is 38.2. The largest absolute Gasteiger partial charge is 0.472 e. The van der Waals surface area contributed by atoms with Crippen molar-refractivity contribution < 1.29 is 37.6 Å². The second-order valence-corrected chi connectivity index (χ2v) is 16.1. The number of phosphoric acid groups is 1. The average molecular weight is 760 g/mol. The van der Waals surface area contributed by atoms with Crippen LogP contribution < -0.4 is 5.73 Å². The second kappa shape index (κ2) is 39.4. The van der Waals surface area contributed by atoms with E-state index in [2.05, 4.69) is 13.5 Å². The standard InChI is InChI=1S/C42H82NO8P/c1-3-5-7-9-11-13-15-17-19-21-23-25-27-29-31-33-35-42(45)51-40(39-50-52(46,47)49-37-36-43)38-48-41(44)34-32-30-28-26-24-22-20-18-16-14-12-10-8-6-4-2/h4,40H,2-3,5-39,43H2,1H3,(H,46,47)/t40-/m1/s1. The van der Waals surface area contributed by atoms with Crippen LogP contribution in [0, 0.1) is 0 Å². The van der Waals surface area contributed by atoms with Crippen molar-refractivity contribution in [2.45, 2.75) is 218 Å². The van der Waals surface area contributed by atoms with E-state index in [0.717, 1.165) is 38.5 Å². The molecule has 0 spiro atoms. The molecule has 0 saturated heterocycles. The first-order valence-corrected chi connectivity index (χ1v) is 23.1. The number of ether oxygens (including phenoxy) is 2. The van der Waals surface area contributed by atoms with Gasteiger partial charge in [0.2, 0.25) is 0 Å². The highest BCUT2D eigenvalue weighted by atomic mass is 31.2. The van der Waals surface area contributed by atoms with Crippen molar-refractivity contribution in [3.05, 3.63) is 12.7 Å². The van der Waals surface area contributed by atoms with Gasteiger partial charge in [-0.2, -0.15) is 0 Å². The summed E-state index contributed by atoms with van der Waals surface area (Å²) in [5.41, 5.74) is 5.35. The number of allylic oxidation sites excluding steroid dienone is 1. The first-order chi connectivity index (χ1) is 25.3. The fourth-order valence-electron chi connectivity index (χ4n) is 6.32. The predicted octanol–water partition coefficient (Wildman–Crippen LogP) is 12.2. The minimum Gasteiger partial charge on any atom is -0.462 e. The van der Waals surface area contributed by atoms with Crippen molar-refractivity contribution in [1.82, 2.24) is 0 Å². The summed E-state index contributed by atoms with van der Waals surface area (Å²) in [5, 5.41) is 0.